The molecule has 1 aromatic carbocycles. The summed E-state index contributed by atoms with van der Waals surface area (Å²) in [7, 11) is 0. The fourth-order valence-corrected chi connectivity index (χ4v) is 3.18. The number of anilines is 1. The summed E-state index contributed by atoms with van der Waals surface area (Å²) >= 11 is 0. The molecule has 1 aromatic rings. The van der Waals surface area contributed by atoms with E-state index in [2.05, 4.69) is 4.90 Å². The van der Waals surface area contributed by atoms with Crippen molar-refractivity contribution in [3.8, 4) is 0 Å². The van der Waals surface area contributed by atoms with E-state index < -0.39 is 0 Å². The lowest BCUT2D eigenvalue weighted by Gasteiger charge is -2.37. The Hall–Kier alpha value is -1.09. The van der Waals surface area contributed by atoms with Crippen LogP contribution in [0.5, 0.6) is 0 Å². The zero-order valence-electron chi connectivity index (χ0n) is 9.90. The lowest BCUT2D eigenvalue weighted by Crippen LogP contribution is -2.44. The van der Waals surface area contributed by atoms with Crippen molar-refractivity contribution in [2.75, 3.05) is 11.4 Å². The first kappa shape index (κ1) is 11.0. The summed E-state index contributed by atoms with van der Waals surface area (Å²) in [5, 5.41) is 10.1. The molecule has 3 heteroatoms. The van der Waals surface area contributed by atoms with Crippen LogP contribution in [0.4, 0.5) is 10.1 Å². The van der Waals surface area contributed by atoms with Gasteiger partial charge in [-0.05, 0) is 37.0 Å². The summed E-state index contributed by atoms with van der Waals surface area (Å²) in [6.07, 6.45) is 4.91. The van der Waals surface area contributed by atoms with Gasteiger partial charge in [-0.2, -0.15) is 0 Å². The maximum Gasteiger partial charge on any atom is 0.125 e. The van der Waals surface area contributed by atoms with Gasteiger partial charge in [0.05, 0.1) is 12.1 Å². The van der Waals surface area contributed by atoms with Gasteiger partial charge in [-0.1, -0.05) is 18.9 Å². The van der Waals surface area contributed by atoms with Crippen LogP contribution in [-0.4, -0.2) is 23.8 Å². The summed E-state index contributed by atoms with van der Waals surface area (Å²) in [4.78, 5) is 2.21. The van der Waals surface area contributed by atoms with Gasteiger partial charge in [-0.15, -0.1) is 0 Å². The Balaban J connectivity index is 1.89. The number of aliphatic hydroxyl groups excluding tert-OH is 1. The normalized spacial score (nSPS) is 28.2. The van der Waals surface area contributed by atoms with Gasteiger partial charge in [-0.25, -0.2) is 4.39 Å². The van der Waals surface area contributed by atoms with Crippen molar-refractivity contribution in [2.24, 2.45) is 0 Å². The third-order valence-corrected chi connectivity index (χ3v) is 4.07. The highest BCUT2D eigenvalue weighted by Gasteiger charge is 2.32. The number of benzene rings is 1. The molecule has 1 aliphatic carbocycles. The van der Waals surface area contributed by atoms with E-state index in [4.69, 9.17) is 0 Å². The summed E-state index contributed by atoms with van der Waals surface area (Å²) in [6.45, 7) is 0.917. The van der Waals surface area contributed by atoms with E-state index in [1.807, 2.05) is 6.07 Å². The average Bonchev–Trinajstić information content (AvgIpc) is 2.72. The smallest absolute Gasteiger partial charge is 0.125 e. The minimum Gasteiger partial charge on any atom is -0.391 e. The third-order valence-electron chi connectivity index (χ3n) is 4.07. The standard InChI is InChI=1S/C14H18FNO/c15-11-6-5-10-7-8-16(13(10)9-11)12-3-1-2-4-14(12)17/h5-6,9,12,14,17H,1-4,7-8H2. The first-order valence-electron chi connectivity index (χ1n) is 6.49. The van der Waals surface area contributed by atoms with Gasteiger partial charge in [0.1, 0.15) is 5.82 Å². The molecule has 2 atom stereocenters. The van der Waals surface area contributed by atoms with E-state index >= 15 is 0 Å². The molecule has 1 aliphatic heterocycles. The maximum atomic E-state index is 13.3. The molecule has 17 heavy (non-hydrogen) atoms. The number of hydrogen-bond donors (Lipinski definition) is 1. The van der Waals surface area contributed by atoms with Gasteiger partial charge in [0.25, 0.3) is 0 Å². The Labute approximate surface area is 101 Å². The number of hydrogen-bond acceptors (Lipinski definition) is 2. The van der Waals surface area contributed by atoms with Crippen molar-refractivity contribution < 1.29 is 9.50 Å². The molecule has 0 amide bonds. The van der Waals surface area contributed by atoms with Crippen molar-refractivity contribution in [3.63, 3.8) is 0 Å². The van der Waals surface area contributed by atoms with E-state index in [0.29, 0.717) is 0 Å². The molecule has 1 heterocycles. The second-order valence-corrected chi connectivity index (χ2v) is 5.14. The van der Waals surface area contributed by atoms with Gasteiger partial charge >= 0.3 is 0 Å². The van der Waals surface area contributed by atoms with Gasteiger partial charge < -0.3 is 10.0 Å². The molecule has 0 aromatic heterocycles. The lowest BCUT2D eigenvalue weighted by atomic mass is 9.91. The Kier molecular flexibility index (Phi) is 2.79. The Bertz CT molecular complexity index is 421. The van der Waals surface area contributed by atoms with Gasteiger partial charge in [-0.3, -0.25) is 0 Å². The van der Waals surface area contributed by atoms with Crippen molar-refractivity contribution in [2.45, 2.75) is 44.2 Å². The molecule has 2 unspecified atom stereocenters. The Morgan fingerprint density at radius 2 is 2.06 bits per heavy atom. The number of rotatable bonds is 1. The van der Waals surface area contributed by atoms with Gasteiger partial charge in [0, 0.05) is 12.2 Å². The second kappa shape index (κ2) is 4.30. The van der Waals surface area contributed by atoms with Crippen LogP contribution >= 0.6 is 0 Å². The summed E-state index contributed by atoms with van der Waals surface area (Å²) in [5.41, 5.74) is 2.21. The largest absolute Gasteiger partial charge is 0.391 e. The Morgan fingerprint density at radius 3 is 2.88 bits per heavy atom. The molecule has 1 saturated carbocycles. The van der Waals surface area contributed by atoms with Crippen LogP contribution in [-0.2, 0) is 6.42 Å². The summed E-state index contributed by atoms with van der Waals surface area (Å²) < 4.78 is 13.3. The molecule has 92 valence electrons. The van der Waals surface area contributed by atoms with Crippen LogP contribution in [0.15, 0.2) is 18.2 Å². The quantitative estimate of drug-likeness (QED) is 0.808. The maximum absolute atomic E-state index is 13.3. The highest BCUT2D eigenvalue weighted by molar-refractivity contribution is 5.59. The summed E-state index contributed by atoms with van der Waals surface area (Å²) in [6, 6.07) is 5.20. The predicted molar refractivity (Wildman–Crippen MR) is 65.7 cm³/mol. The van der Waals surface area contributed by atoms with E-state index in [-0.39, 0.29) is 18.0 Å². The van der Waals surface area contributed by atoms with Gasteiger partial charge in [0.15, 0.2) is 0 Å². The number of halogens is 1. The van der Waals surface area contributed by atoms with Crippen LogP contribution in [0, 0.1) is 5.82 Å². The zero-order chi connectivity index (χ0) is 11.8. The molecule has 2 nitrogen and oxygen atoms in total. The molecule has 0 saturated heterocycles. The third kappa shape index (κ3) is 1.93. The highest BCUT2D eigenvalue weighted by atomic mass is 19.1. The first-order chi connectivity index (χ1) is 8.25. The lowest BCUT2D eigenvalue weighted by molar-refractivity contribution is 0.105. The molecule has 0 radical (unpaired) electrons. The van der Waals surface area contributed by atoms with Crippen LogP contribution in [0.25, 0.3) is 0 Å². The molecular formula is C14H18FNO. The molecule has 0 spiro atoms. The molecule has 1 N–H and O–H groups in total. The molecule has 1 fully saturated rings. The number of nitrogens with zero attached hydrogens (tertiary/aromatic N) is 1. The van der Waals surface area contributed by atoms with Crippen molar-refractivity contribution in [3.05, 3.63) is 29.6 Å². The average molecular weight is 235 g/mol. The monoisotopic (exact) mass is 235 g/mol. The van der Waals surface area contributed by atoms with Crippen LogP contribution in [0.2, 0.25) is 0 Å². The van der Waals surface area contributed by atoms with Gasteiger partial charge in [0.2, 0.25) is 0 Å². The van der Waals surface area contributed by atoms with Crippen LogP contribution in [0.3, 0.4) is 0 Å². The predicted octanol–water partition coefficient (Wildman–Crippen LogP) is 2.49. The van der Waals surface area contributed by atoms with Crippen LogP contribution in [0.1, 0.15) is 31.2 Å². The van der Waals surface area contributed by atoms with Crippen molar-refractivity contribution >= 4 is 5.69 Å². The van der Waals surface area contributed by atoms with Crippen LogP contribution < -0.4 is 4.90 Å². The molecule has 0 bridgehead atoms. The number of aliphatic hydroxyl groups is 1. The molecular weight excluding hydrogens is 217 g/mol. The Morgan fingerprint density at radius 1 is 1.24 bits per heavy atom. The highest BCUT2D eigenvalue weighted by Crippen LogP contribution is 2.34. The first-order valence-corrected chi connectivity index (χ1v) is 6.49. The van der Waals surface area contributed by atoms with E-state index in [1.165, 1.54) is 18.1 Å². The fraction of sp³-hybridized carbons (Fsp3) is 0.571. The minimum absolute atomic E-state index is 0.180. The SMILES string of the molecule is OC1CCCCC1N1CCc2ccc(F)cc21. The summed E-state index contributed by atoms with van der Waals surface area (Å²) in [5.74, 6) is -0.180. The van der Waals surface area contributed by atoms with E-state index in [1.54, 1.807) is 6.07 Å². The van der Waals surface area contributed by atoms with Crippen molar-refractivity contribution in [1.29, 1.82) is 0 Å². The number of fused-ring (bicyclic) bond motifs is 1. The van der Waals surface area contributed by atoms with E-state index in [0.717, 1.165) is 37.9 Å². The topological polar surface area (TPSA) is 23.5 Å². The molecule has 2 aliphatic rings. The second-order valence-electron chi connectivity index (χ2n) is 5.14. The zero-order valence-corrected chi connectivity index (χ0v) is 9.90. The van der Waals surface area contributed by atoms with E-state index in [9.17, 15) is 9.50 Å². The minimum atomic E-state index is -0.252. The van der Waals surface area contributed by atoms with Crippen molar-refractivity contribution in [1.82, 2.24) is 0 Å². The molecule has 3 rings (SSSR count). The fourth-order valence-electron chi connectivity index (χ4n) is 3.18.